The van der Waals surface area contributed by atoms with Gasteiger partial charge in [-0.1, -0.05) is 0 Å². The third-order valence-corrected chi connectivity index (χ3v) is 2.82. The third kappa shape index (κ3) is 1.54. The number of imidazole rings is 1. The number of hydrogen-bond donors (Lipinski definition) is 0. The lowest BCUT2D eigenvalue weighted by Crippen LogP contribution is -2.33. The van der Waals surface area contributed by atoms with Crippen molar-refractivity contribution in [2.45, 2.75) is 13.1 Å². The van der Waals surface area contributed by atoms with E-state index in [0.717, 1.165) is 31.1 Å². The summed E-state index contributed by atoms with van der Waals surface area (Å²) in [6.45, 7) is 2.47. The highest BCUT2D eigenvalue weighted by Gasteiger charge is 2.16. The minimum Gasteiger partial charge on any atom is -0.362 e. The third-order valence-electron chi connectivity index (χ3n) is 2.82. The largest absolute Gasteiger partial charge is 0.362 e. The molecule has 82 valence electrons. The van der Waals surface area contributed by atoms with E-state index in [1.165, 1.54) is 12.3 Å². The molecule has 1 aliphatic rings. The SMILES string of the molecule is Fc1cc(N2CCn3ccnc3C2)ccn1. The molecule has 0 N–H and O–H groups in total. The number of hydrogen-bond acceptors (Lipinski definition) is 3. The average molecular weight is 218 g/mol. The molecule has 0 saturated heterocycles. The Bertz CT molecular complexity index is 508. The molecule has 5 heteroatoms. The normalized spacial score (nSPS) is 14.9. The maximum absolute atomic E-state index is 13.0. The van der Waals surface area contributed by atoms with Crippen LogP contribution in [0.15, 0.2) is 30.7 Å². The van der Waals surface area contributed by atoms with Crippen molar-refractivity contribution in [2.75, 3.05) is 11.4 Å². The van der Waals surface area contributed by atoms with Crippen LogP contribution in [0.2, 0.25) is 0 Å². The van der Waals surface area contributed by atoms with E-state index in [1.54, 1.807) is 6.20 Å². The molecule has 0 radical (unpaired) electrons. The van der Waals surface area contributed by atoms with Gasteiger partial charge in [-0.05, 0) is 6.07 Å². The van der Waals surface area contributed by atoms with Gasteiger partial charge in [0.25, 0.3) is 0 Å². The van der Waals surface area contributed by atoms with Crippen LogP contribution in [0.25, 0.3) is 0 Å². The quantitative estimate of drug-likeness (QED) is 0.679. The molecule has 3 rings (SSSR count). The number of halogens is 1. The van der Waals surface area contributed by atoms with Crippen LogP contribution in [-0.4, -0.2) is 21.1 Å². The molecule has 0 unspecified atom stereocenters. The Balaban J connectivity index is 1.88. The summed E-state index contributed by atoms with van der Waals surface area (Å²) >= 11 is 0. The summed E-state index contributed by atoms with van der Waals surface area (Å²) < 4.78 is 15.1. The molecule has 0 spiro atoms. The minimum absolute atomic E-state index is 0.439. The highest BCUT2D eigenvalue weighted by Crippen LogP contribution is 2.19. The van der Waals surface area contributed by atoms with Crippen LogP contribution < -0.4 is 4.90 Å². The molecule has 0 fully saturated rings. The number of anilines is 1. The van der Waals surface area contributed by atoms with Crippen molar-refractivity contribution in [3.05, 3.63) is 42.5 Å². The van der Waals surface area contributed by atoms with Crippen LogP contribution in [0, 0.1) is 5.95 Å². The highest BCUT2D eigenvalue weighted by molar-refractivity contribution is 5.45. The zero-order valence-corrected chi connectivity index (χ0v) is 8.67. The van der Waals surface area contributed by atoms with E-state index in [2.05, 4.69) is 19.4 Å². The Hall–Kier alpha value is -1.91. The summed E-state index contributed by atoms with van der Waals surface area (Å²) in [4.78, 5) is 9.93. The van der Waals surface area contributed by atoms with Crippen molar-refractivity contribution in [1.29, 1.82) is 0 Å². The first-order valence-corrected chi connectivity index (χ1v) is 5.19. The predicted molar refractivity (Wildman–Crippen MR) is 57.5 cm³/mol. The molecule has 0 saturated carbocycles. The minimum atomic E-state index is -0.439. The first kappa shape index (κ1) is 9.33. The van der Waals surface area contributed by atoms with Crippen LogP contribution in [0.4, 0.5) is 10.1 Å². The van der Waals surface area contributed by atoms with Gasteiger partial charge in [0.15, 0.2) is 0 Å². The first-order chi connectivity index (χ1) is 7.83. The van der Waals surface area contributed by atoms with E-state index in [1.807, 2.05) is 12.3 Å². The summed E-state index contributed by atoms with van der Waals surface area (Å²) in [6.07, 6.45) is 5.26. The van der Waals surface area contributed by atoms with Crippen LogP contribution in [-0.2, 0) is 13.1 Å². The maximum atomic E-state index is 13.0. The molecule has 0 aromatic carbocycles. The van der Waals surface area contributed by atoms with Crippen molar-refractivity contribution < 1.29 is 4.39 Å². The number of nitrogens with zero attached hydrogens (tertiary/aromatic N) is 4. The fourth-order valence-electron chi connectivity index (χ4n) is 1.98. The Morgan fingerprint density at radius 2 is 2.12 bits per heavy atom. The molecular formula is C11H11FN4. The second-order valence-electron chi connectivity index (χ2n) is 3.80. The smallest absolute Gasteiger partial charge is 0.214 e. The van der Waals surface area contributed by atoms with E-state index in [9.17, 15) is 4.39 Å². The molecule has 0 amide bonds. The van der Waals surface area contributed by atoms with Crippen LogP contribution in [0.1, 0.15) is 5.82 Å². The monoisotopic (exact) mass is 218 g/mol. The molecule has 2 aromatic rings. The van der Waals surface area contributed by atoms with Gasteiger partial charge in [-0.3, -0.25) is 0 Å². The van der Waals surface area contributed by atoms with Crippen LogP contribution in [0.5, 0.6) is 0 Å². The number of pyridine rings is 1. The van der Waals surface area contributed by atoms with Gasteiger partial charge in [0.2, 0.25) is 5.95 Å². The van der Waals surface area contributed by atoms with Gasteiger partial charge < -0.3 is 9.47 Å². The van der Waals surface area contributed by atoms with E-state index in [-0.39, 0.29) is 0 Å². The Labute approximate surface area is 92.4 Å². The van der Waals surface area contributed by atoms with Crippen molar-refractivity contribution in [3.8, 4) is 0 Å². The summed E-state index contributed by atoms with van der Waals surface area (Å²) in [5.41, 5.74) is 0.863. The molecule has 3 heterocycles. The van der Waals surface area contributed by atoms with Gasteiger partial charge in [0, 0.05) is 43.4 Å². The second kappa shape index (κ2) is 3.59. The summed E-state index contributed by atoms with van der Waals surface area (Å²) in [5.74, 6) is 0.579. The fourth-order valence-corrected chi connectivity index (χ4v) is 1.98. The predicted octanol–water partition coefficient (Wildman–Crippen LogP) is 1.44. The molecule has 0 bridgehead atoms. The zero-order chi connectivity index (χ0) is 11.0. The van der Waals surface area contributed by atoms with Gasteiger partial charge in [-0.15, -0.1) is 0 Å². The van der Waals surface area contributed by atoms with E-state index < -0.39 is 5.95 Å². The standard InChI is InChI=1S/C11H11FN4/c12-10-7-9(1-2-13-10)16-6-5-15-4-3-14-11(15)8-16/h1-4,7H,5-6,8H2. The lowest BCUT2D eigenvalue weighted by molar-refractivity contribution is 0.552. The Kier molecular flexibility index (Phi) is 2.09. The molecular weight excluding hydrogens is 207 g/mol. The molecule has 2 aromatic heterocycles. The number of fused-ring (bicyclic) bond motifs is 1. The van der Waals surface area contributed by atoms with Gasteiger partial charge in [-0.2, -0.15) is 4.39 Å². The number of rotatable bonds is 1. The van der Waals surface area contributed by atoms with Gasteiger partial charge in [0.1, 0.15) is 5.82 Å². The molecule has 4 nitrogen and oxygen atoms in total. The van der Waals surface area contributed by atoms with Crippen molar-refractivity contribution in [3.63, 3.8) is 0 Å². The lowest BCUT2D eigenvalue weighted by atomic mass is 10.3. The maximum Gasteiger partial charge on any atom is 0.214 e. The topological polar surface area (TPSA) is 34.0 Å². The van der Waals surface area contributed by atoms with E-state index in [4.69, 9.17) is 0 Å². The van der Waals surface area contributed by atoms with E-state index >= 15 is 0 Å². The van der Waals surface area contributed by atoms with Gasteiger partial charge in [-0.25, -0.2) is 9.97 Å². The first-order valence-electron chi connectivity index (χ1n) is 5.19. The summed E-state index contributed by atoms with van der Waals surface area (Å²) in [7, 11) is 0. The zero-order valence-electron chi connectivity index (χ0n) is 8.67. The molecule has 0 aliphatic carbocycles. The molecule has 0 atom stereocenters. The average Bonchev–Trinajstić information content (AvgIpc) is 2.75. The van der Waals surface area contributed by atoms with Crippen molar-refractivity contribution >= 4 is 5.69 Å². The Morgan fingerprint density at radius 3 is 3.00 bits per heavy atom. The fraction of sp³-hybridized carbons (Fsp3) is 0.273. The molecule has 1 aliphatic heterocycles. The Morgan fingerprint density at radius 1 is 1.19 bits per heavy atom. The summed E-state index contributed by atoms with van der Waals surface area (Å²) in [6, 6.07) is 3.28. The lowest BCUT2D eigenvalue weighted by Gasteiger charge is -2.29. The molecule has 16 heavy (non-hydrogen) atoms. The van der Waals surface area contributed by atoms with E-state index in [0.29, 0.717) is 0 Å². The van der Waals surface area contributed by atoms with Crippen molar-refractivity contribution in [1.82, 2.24) is 14.5 Å². The van der Waals surface area contributed by atoms with Gasteiger partial charge >= 0.3 is 0 Å². The van der Waals surface area contributed by atoms with Gasteiger partial charge in [0.05, 0.1) is 6.54 Å². The summed E-state index contributed by atoms with van der Waals surface area (Å²) in [5, 5.41) is 0. The van der Waals surface area contributed by atoms with Crippen molar-refractivity contribution in [2.24, 2.45) is 0 Å². The highest BCUT2D eigenvalue weighted by atomic mass is 19.1. The van der Waals surface area contributed by atoms with Crippen LogP contribution >= 0.6 is 0 Å². The number of aromatic nitrogens is 3. The second-order valence-corrected chi connectivity index (χ2v) is 3.80. The van der Waals surface area contributed by atoms with Crippen LogP contribution in [0.3, 0.4) is 0 Å².